The zero-order valence-corrected chi connectivity index (χ0v) is 13.6. The third-order valence-electron chi connectivity index (χ3n) is 3.59. The lowest BCUT2D eigenvalue weighted by atomic mass is 10.1. The van der Waals surface area contributed by atoms with E-state index in [1.165, 1.54) is 0 Å². The number of anilines is 1. The van der Waals surface area contributed by atoms with Crippen LogP contribution in [0.1, 0.15) is 18.5 Å². The normalized spacial score (nSPS) is 15.8. The molecule has 3 rings (SSSR count). The molecule has 3 heterocycles. The van der Waals surface area contributed by atoms with Crippen LogP contribution in [-0.4, -0.2) is 45.4 Å². The molecule has 2 aromatic heterocycles. The Labute approximate surface area is 134 Å². The van der Waals surface area contributed by atoms with Gasteiger partial charge in [-0.1, -0.05) is 11.8 Å². The molecule has 0 bridgehead atoms. The van der Waals surface area contributed by atoms with Crippen LogP contribution in [0.3, 0.4) is 0 Å². The SMILES string of the molecule is CSc1nccc(N2CCC(Oc3cncc(C)n3)CC2)n1. The van der Waals surface area contributed by atoms with Gasteiger partial charge in [0, 0.05) is 38.3 Å². The summed E-state index contributed by atoms with van der Waals surface area (Å²) in [4.78, 5) is 19.5. The number of piperidine rings is 1. The van der Waals surface area contributed by atoms with E-state index in [-0.39, 0.29) is 6.10 Å². The number of aryl methyl sites for hydroxylation is 1. The number of aromatic nitrogens is 4. The molecule has 116 valence electrons. The summed E-state index contributed by atoms with van der Waals surface area (Å²) in [6.07, 6.45) is 9.31. The van der Waals surface area contributed by atoms with Crippen molar-refractivity contribution in [3.63, 3.8) is 0 Å². The zero-order valence-electron chi connectivity index (χ0n) is 12.8. The van der Waals surface area contributed by atoms with Crippen LogP contribution in [0.5, 0.6) is 5.88 Å². The van der Waals surface area contributed by atoms with Gasteiger partial charge in [0.15, 0.2) is 5.16 Å². The average molecular weight is 317 g/mol. The van der Waals surface area contributed by atoms with Crippen molar-refractivity contribution in [1.82, 2.24) is 19.9 Å². The molecule has 6 nitrogen and oxygen atoms in total. The predicted octanol–water partition coefficient (Wildman–Crippen LogP) is 2.34. The fourth-order valence-corrected chi connectivity index (χ4v) is 2.83. The second kappa shape index (κ2) is 6.91. The molecule has 0 saturated carbocycles. The van der Waals surface area contributed by atoms with Crippen molar-refractivity contribution in [2.45, 2.75) is 31.0 Å². The number of thioether (sulfide) groups is 1. The van der Waals surface area contributed by atoms with Crippen molar-refractivity contribution in [2.24, 2.45) is 0 Å². The smallest absolute Gasteiger partial charge is 0.232 e. The Kier molecular flexibility index (Phi) is 4.72. The first-order valence-corrected chi connectivity index (χ1v) is 8.54. The van der Waals surface area contributed by atoms with Crippen molar-refractivity contribution in [3.05, 3.63) is 30.4 Å². The largest absolute Gasteiger partial charge is 0.473 e. The number of nitrogens with zero attached hydrogens (tertiary/aromatic N) is 5. The molecular formula is C15H19N5OS. The van der Waals surface area contributed by atoms with Gasteiger partial charge in [-0.2, -0.15) is 0 Å². The summed E-state index contributed by atoms with van der Waals surface area (Å²) < 4.78 is 5.93. The topological polar surface area (TPSA) is 64.0 Å². The van der Waals surface area contributed by atoms with E-state index in [4.69, 9.17) is 4.74 Å². The van der Waals surface area contributed by atoms with E-state index in [2.05, 4.69) is 24.8 Å². The molecular weight excluding hydrogens is 298 g/mol. The Morgan fingerprint density at radius 3 is 2.77 bits per heavy atom. The van der Waals surface area contributed by atoms with Crippen molar-refractivity contribution >= 4 is 17.6 Å². The van der Waals surface area contributed by atoms with E-state index in [1.807, 2.05) is 25.4 Å². The fourth-order valence-electron chi connectivity index (χ4n) is 2.48. The van der Waals surface area contributed by atoms with Gasteiger partial charge in [0.1, 0.15) is 11.9 Å². The third kappa shape index (κ3) is 3.65. The molecule has 0 spiro atoms. The number of hydrogen-bond donors (Lipinski definition) is 0. The van der Waals surface area contributed by atoms with E-state index in [1.54, 1.807) is 24.2 Å². The number of hydrogen-bond acceptors (Lipinski definition) is 7. The predicted molar refractivity (Wildman–Crippen MR) is 86.4 cm³/mol. The number of ether oxygens (including phenoxy) is 1. The third-order valence-corrected chi connectivity index (χ3v) is 4.15. The maximum Gasteiger partial charge on any atom is 0.232 e. The highest BCUT2D eigenvalue weighted by Crippen LogP contribution is 2.22. The minimum atomic E-state index is 0.189. The molecule has 0 unspecified atom stereocenters. The molecule has 1 fully saturated rings. The van der Waals surface area contributed by atoms with Gasteiger partial charge in [-0.3, -0.25) is 4.98 Å². The highest BCUT2D eigenvalue weighted by molar-refractivity contribution is 7.98. The lowest BCUT2D eigenvalue weighted by Gasteiger charge is -2.32. The van der Waals surface area contributed by atoms with Crippen molar-refractivity contribution < 1.29 is 4.74 Å². The first kappa shape index (κ1) is 15.0. The van der Waals surface area contributed by atoms with Crippen LogP contribution >= 0.6 is 11.8 Å². The first-order chi connectivity index (χ1) is 10.7. The summed E-state index contributed by atoms with van der Waals surface area (Å²) >= 11 is 1.56. The lowest BCUT2D eigenvalue weighted by Crippen LogP contribution is -2.38. The summed E-state index contributed by atoms with van der Waals surface area (Å²) in [5.41, 5.74) is 0.875. The van der Waals surface area contributed by atoms with E-state index in [9.17, 15) is 0 Å². The molecule has 7 heteroatoms. The monoisotopic (exact) mass is 317 g/mol. The maximum atomic E-state index is 5.93. The van der Waals surface area contributed by atoms with Crippen LogP contribution in [-0.2, 0) is 0 Å². The summed E-state index contributed by atoms with van der Waals surface area (Å²) in [6.45, 7) is 3.77. The molecule has 0 aromatic carbocycles. The Morgan fingerprint density at radius 2 is 2.05 bits per heavy atom. The van der Waals surface area contributed by atoms with Crippen LogP contribution in [0.2, 0.25) is 0 Å². The minimum Gasteiger partial charge on any atom is -0.473 e. The quantitative estimate of drug-likeness (QED) is 0.633. The molecule has 1 saturated heterocycles. The van der Waals surface area contributed by atoms with Crippen LogP contribution in [0, 0.1) is 6.92 Å². The molecule has 1 aliphatic heterocycles. The Balaban J connectivity index is 1.58. The van der Waals surface area contributed by atoms with Gasteiger partial charge in [-0.25, -0.2) is 15.0 Å². The zero-order chi connectivity index (χ0) is 15.4. The standard InChI is InChI=1S/C15H19N5OS/c1-11-9-16-10-14(18-11)21-12-4-7-20(8-5-12)13-3-6-17-15(19-13)22-2/h3,6,9-10,12H,4-5,7-8H2,1-2H3. The second-order valence-electron chi connectivity index (χ2n) is 5.20. The Bertz CT molecular complexity index is 631. The molecule has 0 atom stereocenters. The van der Waals surface area contributed by atoms with Crippen molar-refractivity contribution in [3.8, 4) is 5.88 Å². The van der Waals surface area contributed by atoms with E-state index >= 15 is 0 Å². The van der Waals surface area contributed by atoms with Gasteiger partial charge in [0.25, 0.3) is 0 Å². The van der Waals surface area contributed by atoms with Gasteiger partial charge < -0.3 is 9.64 Å². The van der Waals surface area contributed by atoms with Gasteiger partial charge in [-0.15, -0.1) is 0 Å². The van der Waals surface area contributed by atoms with E-state index in [0.29, 0.717) is 5.88 Å². The van der Waals surface area contributed by atoms with Crippen molar-refractivity contribution in [2.75, 3.05) is 24.2 Å². The highest BCUT2D eigenvalue weighted by Gasteiger charge is 2.22. The summed E-state index contributed by atoms with van der Waals surface area (Å²) in [6, 6.07) is 1.97. The highest BCUT2D eigenvalue weighted by atomic mass is 32.2. The fraction of sp³-hybridized carbons (Fsp3) is 0.467. The summed E-state index contributed by atoms with van der Waals surface area (Å²) in [7, 11) is 0. The maximum absolute atomic E-state index is 5.93. The average Bonchev–Trinajstić information content (AvgIpc) is 2.56. The molecule has 0 amide bonds. The second-order valence-corrected chi connectivity index (χ2v) is 5.98. The van der Waals surface area contributed by atoms with Gasteiger partial charge in [0.05, 0.1) is 11.9 Å². The van der Waals surface area contributed by atoms with Gasteiger partial charge >= 0.3 is 0 Å². The molecule has 0 radical (unpaired) electrons. The van der Waals surface area contributed by atoms with Crippen LogP contribution < -0.4 is 9.64 Å². The van der Waals surface area contributed by atoms with Crippen molar-refractivity contribution in [1.29, 1.82) is 0 Å². The first-order valence-electron chi connectivity index (χ1n) is 7.32. The molecule has 2 aromatic rings. The Morgan fingerprint density at radius 1 is 1.23 bits per heavy atom. The van der Waals surface area contributed by atoms with Crippen LogP contribution in [0.25, 0.3) is 0 Å². The van der Waals surface area contributed by atoms with Gasteiger partial charge in [-0.05, 0) is 19.2 Å². The molecule has 0 aliphatic carbocycles. The number of rotatable bonds is 4. The molecule has 22 heavy (non-hydrogen) atoms. The summed E-state index contributed by atoms with van der Waals surface area (Å²) in [5, 5.41) is 0.811. The summed E-state index contributed by atoms with van der Waals surface area (Å²) in [5.74, 6) is 1.61. The van der Waals surface area contributed by atoms with Crippen LogP contribution in [0.15, 0.2) is 29.8 Å². The minimum absolute atomic E-state index is 0.189. The van der Waals surface area contributed by atoms with E-state index < -0.39 is 0 Å². The molecule has 1 aliphatic rings. The lowest BCUT2D eigenvalue weighted by molar-refractivity contribution is 0.163. The Hall–Kier alpha value is -1.89. The van der Waals surface area contributed by atoms with Gasteiger partial charge in [0.2, 0.25) is 5.88 Å². The molecule has 0 N–H and O–H groups in total. The van der Waals surface area contributed by atoms with Crippen LogP contribution in [0.4, 0.5) is 5.82 Å². The van der Waals surface area contributed by atoms with E-state index in [0.717, 1.165) is 42.6 Å².